The number of piperazine rings is 1. The lowest BCUT2D eigenvalue weighted by Crippen LogP contribution is -2.59. The molecule has 9 heteroatoms. The number of aromatic amines is 1. The van der Waals surface area contributed by atoms with Crippen molar-refractivity contribution in [3.8, 4) is 23.0 Å². The zero-order chi connectivity index (χ0) is 29.5. The van der Waals surface area contributed by atoms with Gasteiger partial charge in [0.15, 0.2) is 17.8 Å². The van der Waals surface area contributed by atoms with Gasteiger partial charge < -0.3 is 24.1 Å². The molecule has 228 valence electrons. The van der Waals surface area contributed by atoms with E-state index in [-0.39, 0.29) is 0 Å². The van der Waals surface area contributed by atoms with Crippen molar-refractivity contribution < 1.29 is 19.0 Å². The fourth-order valence-corrected chi connectivity index (χ4v) is 7.64. The van der Waals surface area contributed by atoms with Crippen molar-refractivity contribution in [1.82, 2.24) is 19.8 Å². The number of aldehydes is 1. The van der Waals surface area contributed by atoms with Gasteiger partial charge in [0.1, 0.15) is 30.4 Å². The second-order valence-electron chi connectivity index (χ2n) is 12.8. The number of hydrogen-bond donors (Lipinski definition) is 1. The first-order chi connectivity index (χ1) is 21.6. The summed E-state index contributed by atoms with van der Waals surface area (Å²) >= 11 is 0. The van der Waals surface area contributed by atoms with E-state index in [0.717, 1.165) is 80.3 Å². The molecular weight excluding hydrogens is 554 g/mol. The zero-order valence-corrected chi connectivity index (χ0v) is 25.0. The molecule has 1 spiro atoms. The van der Waals surface area contributed by atoms with Crippen LogP contribution in [0, 0.1) is 5.41 Å². The molecule has 1 aliphatic carbocycles. The Hall–Kier alpha value is -4.08. The topological polar surface area (TPSA) is 83.2 Å². The Bertz CT molecular complexity index is 1650. The van der Waals surface area contributed by atoms with Gasteiger partial charge in [0, 0.05) is 80.8 Å². The number of aromatic nitrogens is 2. The number of carbonyl (C=O) groups is 1. The summed E-state index contributed by atoms with van der Waals surface area (Å²) in [5.41, 5.74) is 4.18. The van der Waals surface area contributed by atoms with Crippen LogP contribution in [0.15, 0.2) is 60.9 Å². The van der Waals surface area contributed by atoms with Gasteiger partial charge in [-0.25, -0.2) is 4.98 Å². The molecule has 0 amide bonds. The number of piperidine rings is 1. The third kappa shape index (κ3) is 5.28. The molecular formula is C35H39N5O4. The Morgan fingerprint density at radius 3 is 2.66 bits per heavy atom. The first-order valence-electron chi connectivity index (χ1n) is 15.9. The summed E-state index contributed by atoms with van der Waals surface area (Å²) in [7, 11) is 0. The van der Waals surface area contributed by atoms with Crippen LogP contribution in [0.2, 0.25) is 0 Å². The Kier molecular flexibility index (Phi) is 7.15. The van der Waals surface area contributed by atoms with E-state index >= 15 is 0 Å². The number of carbonyl (C=O) groups excluding carboxylic acids is 1. The number of anilines is 1. The molecule has 2 saturated heterocycles. The van der Waals surface area contributed by atoms with Crippen LogP contribution in [-0.2, 0) is 6.54 Å². The molecule has 4 aromatic rings. The van der Waals surface area contributed by atoms with Crippen molar-refractivity contribution in [2.45, 2.75) is 38.3 Å². The summed E-state index contributed by atoms with van der Waals surface area (Å²) in [5, 5.41) is 0.976. The van der Waals surface area contributed by atoms with Crippen LogP contribution in [0.5, 0.6) is 23.0 Å². The van der Waals surface area contributed by atoms with Gasteiger partial charge >= 0.3 is 0 Å². The highest BCUT2D eigenvalue weighted by atomic mass is 16.6. The van der Waals surface area contributed by atoms with E-state index in [1.54, 1.807) is 6.20 Å². The first kappa shape index (κ1) is 27.5. The molecule has 9 nitrogen and oxygen atoms in total. The molecule has 44 heavy (non-hydrogen) atoms. The van der Waals surface area contributed by atoms with Crippen LogP contribution >= 0.6 is 0 Å². The normalized spacial score (nSPS) is 20.5. The largest absolute Gasteiger partial charge is 0.486 e. The monoisotopic (exact) mass is 593 g/mol. The highest BCUT2D eigenvalue weighted by molar-refractivity contribution is 5.81. The maximum Gasteiger partial charge on any atom is 0.165 e. The number of ether oxygens (including phenoxy) is 3. The third-order valence-corrected chi connectivity index (χ3v) is 10.2. The predicted octanol–water partition coefficient (Wildman–Crippen LogP) is 5.51. The Morgan fingerprint density at radius 1 is 0.977 bits per heavy atom. The van der Waals surface area contributed by atoms with E-state index in [4.69, 9.17) is 14.2 Å². The lowest BCUT2D eigenvalue weighted by atomic mass is 9.60. The SMILES string of the molecule is O=Cc1ccc(N2CCC3(CC2)CC(N2CCN(Cc4cccc5c4OCCO5)CC2)C3)cc1Oc1cnc2[nH]ccc2c1. The maximum absolute atomic E-state index is 11.8. The summed E-state index contributed by atoms with van der Waals surface area (Å²) in [6.45, 7) is 8.71. The van der Waals surface area contributed by atoms with Crippen LogP contribution in [0.25, 0.3) is 11.0 Å². The van der Waals surface area contributed by atoms with E-state index in [2.05, 4.69) is 42.9 Å². The number of hydrogen-bond acceptors (Lipinski definition) is 8. The smallest absolute Gasteiger partial charge is 0.165 e. The number of para-hydroxylation sites is 1. The Morgan fingerprint density at radius 2 is 1.82 bits per heavy atom. The van der Waals surface area contributed by atoms with Crippen molar-refractivity contribution in [2.24, 2.45) is 5.41 Å². The minimum absolute atomic E-state index is 0.471. The van der Waals surface area contributed by atoms with Crippen LogP contribution in [0.1, 0.15) is 41.6 Å². The van der Waals surface area contributed by atoms with Gasteiger partial charge in [0.25, 0.3) is 0 Å². The molecule has 1 saturated carbocycles. The van der Waals surface area contributed by atoms with Gasteiger partial charge in [-0.3, -0.25) is 14.6 Å². The molecule has 0 atom stereocenters. The number of rotatable bonds is 7. The van der Waals surface area contributed by atoms with Crippen LogP contribution in [0.4, 0.5) is 5.69 Å². The fraction of sp³-hybridized carbons (Fsp3) is 0.429. The number of fused-ring (bicyclic) bond motifs is 2. The molecule has 4 aliphatic rings. The van der Waals surface area contributed by atoms with Crippen LogP contribution in [0.3, 0.4) is 0 Å². The molecule has 3 aliphatic heterocycles. The van der Waals surface area contributed by atoms with E-state index in [0.29, 0.717) is 41.7 Å². The molecule has 0 bridgehead atoms. The highest BCUT2D eigenvalue weighted by Gasteiger charge is 2.48. The average Bonchev–Trinajstić information content (AvgIpc) is 3.52. The molecule has 2 aromatic carbocycles. The minimum atomic E-state index is 0.471. The maximum atomic E-state index is 11.8. The molecule has 2 aromatic heterocycles. The van der Waals surface area contributed by atoms with Crippen molar-refractivity contribution in [2.75, 3.05) is 57.4 Å². The zero-order valence-electron chi connectivity index (χ0n) is 25.0. The van der Waals surface area contributed by atoms with Crippen molar-refractivity contribution in [1.29, 1.82) is 0 Å². The first-order valence-corrected chi connectivity index (χ1v) is 15.9. The van der Waals surface area contributed by atoms with E-state index in [1.165, 1.54) is 31.2 Å². The molecule has 0 radical (unpaired) electrons. The van der Waals surface area contributed by atoms with E-state index < -0.39 is 0 Å². The van der Waals surface area contributed by atoms with Crippen molar-refractivity contribution in [3.05, 3.63) is 72.1 Å². The number of benzene rings is 2. The second-order valence-corrected chi connectivity index (χ2v) is 12.8. The predicted molar refractivity (Wildman–Crippen MR) is 169 cm³/mol. The van der Waals surface area contributed by atoms with Gasteiger partial charge in [-0.15, -0.1) is 0 Å². The van der Waals surface area contributed by atoms with Crippen LogP contribution in [-0.4, -0.2) is 84.6 Å². The third-order valence-electron chi connectivity index (χ3n) is 10.2. The Balaban J connectivity index is 0.839. The molecule has 0 unspecified atom stereocenters. The molecule has 1 N–H and O–H groups in total. The van der Waals surface area contributed by atoms with Gasteiger partial charge in [0.2, 0.25) is 0 Å². The van der Waals surface area contributed by atoms with Gasteiger partial charge in [-0.2, -0.15) is 0 Å². The van der Waals surface area contributed by atoms with Gasteiger partial charge in [-0.05, 0) is 61.4 Å². The lowest BCUT2D eigenvalue weighted by Gasteiger charge is -2.56. The number of pyridine rings is 1. The number of nitrogens with zero attached hydrogens (tertiary/aromatic N) is 4. The molecule has 5 heterocycles. The average molecular weight is 594 g/mol. The summed E-state index contributed by atoms with van der Waals surface area (Å²) in [6.07, 6.45) is 9.46. The minimum Gasteiger partial charge on any atom is -0.486 e. The van der Waals surface area contributed by atoms with Gasteiger partial charge in [-0.1, -0.05) is 12.1 Å². The molecule has 8 rings (SSSR count). The summed E-state index contributed by atoms with van der Waals surface area (Å²) < 4.78 is 17.9. The van der Waals surface area contributed by atoms with E-state index in [9.17, 15) is 4.79 Å². The summed E-state index contributed by atoms with van der Waals surface area (Å²) in [5.74, 6) is 3.01. The summed E-state index contributed by atoms with van der Waals surface area (Å²) in [6, 6.07) is 16.8. The van der Waals surface area contributed by atoms with E-state index in [1.807, 2.05) is 36.5 Å². The van der Waals surface area contributed by atoms with Crippen molar-refractivity contribution in [3.63, 3.8) is 0 Å². The standard InChI is InChI=1S/C35H39N5O4/c41-24-27-4-5-28(19-32(27)44-30-18-25-6-9-36-34(25)37-22-30)39-10-7-35(8-11-39)20-29(21-35)40-14-12-38(13-15-40)23-26-2-1-3-31-33(26)43-17-16-42-31/h1-6,9,18-19,22,24,29H,7-8,10-17,20-21,23H2,(H,36,37). The highest BCUT2D eigenvalue weighted by Crippen LogP contribution is 2.51. The Labute approximate surface area is 257 Å². The number of H-pyrrole nitrogens is 1. The fourth-order valence-electron chi connectivity index (χ4n) is 7.64. The number of nitrogens with one attached hydrogen (secondary N) is 1. The summed E-state index contributed by atoms with van der Waals surface area (Å²) in [4.78, 5) is 27.0. The quantitative estimate of drug-likeness (QED) is 0.281. The van der Waals surface area contributed by atoms with Crippen LogP contribution < -0.4 is 19.1 Å². The second kappa shape index (κ2) is 11.4. The van der Waals surface area contributed by atoms with Gasteiger partial charge in [0.05, 0.1) is 11.8 Å². The lowest BCUT2D eigenvalue weighted by molar-refractivity contribution is -0.0356. The van der Waals surface area contributed by atoms with Crippen molar-refractivity contribution >= 4 is 23.0 Å². The molecule has 3 fully saturated rings.